The lowest BCUT2D eigenvalue weighted by molar-refractivity contribution is 0.599. The van der Waals surface area contributed by atoms with E-state index in [1.54, 1.807) is 23.9 Å². The van der Waals surface area contributed by atoms with Gasteiger partial charge in [-0.25, -0.2) is 8.42 Å². The van der Waals surface area contributed by atoms with Crippen LogP contribution in [0.15, 0.2) is 75.0 Å². The van der Waals surface area contributed by atoms with Crippen molar-refractivity contribution in [2.45, 2.75) is 36.4 Å². The minimum absolute atomic E-state index is 0.0511. The summed E-state index contributed by atoms with van der Waals surface area (Å²) in [6.45, 7) is 8.68. The van der Waals surface area contributed by atoms with Crippen molar-refractivity contribution in [3.63, 3.8) is 0 Å². The quantitative estimate of drug-likeness (QED) is 0.505. The summed E-state index contributed by atoms with van der Waals surface area (Å²) >= 11 is 1.69. The normalized spacial score (nSPS) is 13.1. The summed E-state index contributed by atoms with van der Waals surface area (Å²) in [7, 11) is -4.91. The summed E-state index contributed by atoms with van der Waals surface area (Å²) in [4.78, 5) is 1.54. The van der Waals surface area contributed by atoms with Gasteiger partial charge in [0.2, 0.25) is 0 Å². The standard InChI is InChI=1S/C19H24O2S2Si/c1-16-10-12-18(13-11-16)23(20,21)15-14-19(24(2,3)4)22-17-8-6-5-7-9-17/h5-14H,15H2,1-4H3/b19-14-. The fourth-order valence-corrected chi connectivity index (χ4v) is 6.53. The van der Waals surface area contributed by atoms with E-state index in [1.807, 2.05) is 43.3 Å². The molecule has 0 saturated carbocycles. The Bertz CT molecular complexity index is 803. The number of thioether (sulfide) groups is 1. The van der Waals surface area contributed by atoms with E-state index in [0.29, 0.717) is 4.90 Å². The highest BCUT2D eigenvalue weighted by Gasteiger charge is 2.22. The molecular weight excluding hydrogens is 352 g/mol. The largest absolute Gasteiger partial charge is 0.223 e. The monoisotopic (exact) mass is 376 g/mol. The highest BCUT2D eigenvalue weighted by molar-refractivity contribution is 8.05. The van der Waals surface area contributed by atoms with Gasteiger partial charge < -0.3 is 0 Å². The number of rotatable bonds is 6. The van der Waals surface area contributed by atoms with Crippen molar-refractivity contribution in [1.82, 2.24) is 0 Å². The van der Waals surface area contributed by atoms with Gasteiger partial charge in [-0.3, -0.25) is 0 Å². The lowest BCUT2D eigenvalue weighted by atomic mass is 10.2. The van der Waals surface area contributed by atoms with Crippen molar-refractivity contribution < 1.29 is 8.42 Å². The fraction of sp³-hybridized carbons (Fsp3) is 0.263. The van der Waals surface area contributed by atoms with E-state index in [9.17, 15) is 8.42 Å². The number of hydrogen-bond acceptors (Lipinski definition) is 3. The van der Waals surface area contributed by atoms with E-state index < -0.39 is 17.9 Å². The molecule has 0 N–H and O–H groups in total. The van der Waals surface area contributed by atoms with Crippen molar-refractivity contribution in [3.05, 3.63) is 70.8 Å². The van der Waals surface area contributed by atoms with E-state index >= 15 is 0 Å². The Morgan fingerprint density at radius 2 is 1.58 bits per heavy atom. The Kier molecular flexibility index (Phi) is 6.12. The molecule has 0 aliphatic carbocycles. The highest BCUT2D eigenvalue weighted by Crippen LogP contribution is 2.33. The van der Waals surface area contributed by atoms with E-state index in [2.05, 4.69) is 31.8 Å². The van der Waals surface area contributed by atoms with Gasteiger partial charge in [0.05, 0.1) is 18.7 Å². The third-order valence-corrected chi connectivity index (χ3v) is 9.89. The predicted octanol–water partition coefficient (Wildman–Crippen LogP) is 5.32. The molecule has 0 bridgehead atoms. The first-order valence-electron chi connectivity index (χ1n) is 7.91. The molecule has 0 aliphatic heterocycles. The van der Waals surface area contributed by atoms with Gasteiger partial charge in [-0.1, -0.05) is 73.4 Å². The number of aryl methyl sites for hydroxylation is 1. The zero-order chi connectivity index (χ0) is 17.8. The number of hydrogen-bond donors (Lipinski definition) is 0. The van der Waals surface area contributed by atoms with Crippen LogP contribution in [0.1, 0.15) is 5.56 Å². The minimum atomic E-state index is -3.29. The molecule has 0 saturated heterocycles. The smallest absolute Gasteiger partial charge is 0.181 e. The average Bonchev–Trinajstić information content (AvgIpc) is 2.52. The van der Waals surface area contributed by atoms with Gasteiger partial charge in [0.25, 0.3) is 0 Å². The predicted molar refractivity (Wildman–Crippen MR) is 107 cm³/mol. The topological polar surface area (TPSA) is 34.1 Å². The lowest BCUT2D eigenvalue weighted by Gasteiger charge is -2.20. The fourth-order valence-electron chi connectivity index (χ4n) is 2.14. The molecule has 24 heavy (non-hydrogen) atoms. The van der Waals surface area contributed by atoms with E-state index in [-0.39, 0.29) is 5.75 Å². The maximum Gasteiger partial charge on any atom is 0.181 e. The zero-order valence-electron chi connectivity index (χ0n) is 14.6. The van der Waals surface area contributed by atoms with Gasteiger partial charge >= 0.3 is 0 Å². The molecule has 0 fully saturated rings. The molecule has 0 radical (unpaired) electrons. The Labute approximate surface area is 150 Å². The van der Waals surface area contributed by atoms with Crippen LogP contribution < -0.4 is 0 Å². The first-order valence-corrected chi connectivity index (χ1v) is 13.9. The van der Waals surface area contributed by atoms with Crippen molar-refractivity contribution >= 4 is 29.7 Å². The Morgan fingerprint density at radius 3 is 2.12 bits per heavy atom. The zero-order valence-corrected chi connectivity index (χ0v) is 17.2. The van der Waals surface area contributed by atoms with Crippen molar-refractivity contribution in [2.75, 3.05) is 5.75 Å². The third kappa shape index (κ3) is 5.36. The van der Waals surface area contributed by atoms with Crippen LogP contribution in [-0.4, -0.2) is 22.2 Å². The minimum Gasteiger partial charge on any atom is -0.223 e. The molecule has 5 heteroatoms. The second kappa shape index (κ2) is 7.72. The molecule has 2 aromatic rings. The summed E-state index contributed by atoms with van der Waals surface area (Å²) in [5.41, 5.74) is 1.06. The molecule has 0 spiro atoms. The lowest BCUT2D eigenvalue weighted by Crippen LogP contribution is -2.23. The molecular formula is C19H24O2S2Si. The van der Waals surface area contributed by atoms with Crippen LogP contribution in [0.2, 0.25) is 19.6 Å². The highest BCUT2D eigenvalue weighted by atomic mass is 32.2. The second-order valence-corrected chi connectivity index (χ2v) is 15.4. The number of sulfone groups is 1. The Balaban J connectivity index is 2.25. The summed E-state index contributed by atoms with van der Waals surface area (Å²) in [5, 5.41) is 0. The molecule has 0 atom stereocenters. The average molecular weight is 377 g/mol. The van der Waals surface area contributed by atoms with Gasteiger partial charge in [0.1, 0.15) is 0 Å². The molecule has 0 amide bonds. The van der Waals surface area contributed by atoms with Crippen molar-refractivity contribution in [1.29, 1.82) is 0 Å². The van der Waals surface area contributed by atoms with Crippen LogP contribution >= 0.6 is 11.8 Å². The van der Waals surface area contributed by atoms with Gasteiger partial charge in [-0.05, 0) is 35.7 Å². The molecule has 0 unspecified atom stereocenters. The Hall–Kier alpha value is -1.30. The summed E-state index contributed by atoms with van der Waals surface area (Å²) < 4.78 is 26.4. The maximum atomic E-state index is 12.6. The van der Waals surface area contributed by atoms with Crippen LogP contribution in [0.25, 0.3) is 0 Å². The van der Waals surface area contributed by atoms with E-state index in [1.165, 1.54) is 4.53 Å². The van der Waals surface area contributed by atoms with Gasteiger partial charge in [-0.2, -0.15) is 0 Å². The van der Waals surface area contributed by atoms with Crippen LogP contribution in [0.5, 0.6) is 0 Å². The molecule has 2 rings (SSSR count). The summed E-state index contributed by atoms with van der Waals surface area (Å²) in [6.07, 6.45) is 1.92. The van der Waals surface area contributed by atoms with E-state index in [0.717, 1.165) is 10.5 Å². The molecule has 0 heterocycles. The van der Waals surface area contributed by atoms with Crippen molar-refractivity contribution in [2.24, 2.45) is 0 Å². The second-order valence-electron chi connectivity index (χ2n) is 6.83. The van der Waals surface area contributed by atoms with Crippen LogP contribution in [0, 0.1) is 6.92 Å². The van der Waals surface area contributed by atoms with Gasteiger partial charge in [-0.15, -0.1) is 0 Å². The summed E-state index contributed by atoms with van der Waals surface area (Å²) in [6, 6.07) is 17.2. The van der Waals surface area contributed by atoms with Gasteiger partial charge in [0, 0.05) is 4.90 Å². The first-order chi connectivity index (χ1) is 11.2. The van der Waals surface area contributed by atoms with Crippen molar-refractivity contribution in [3.8, 4) is 0 Å². The summed E-state index contributed by atoms with van der Waals surface area (Å²) in [5.74, 6) is 0.0511. The van der Waals surface area contributed by atoms with Gasteiger partial charge in [0.15, 0.2) is 9.84 Å². The third-order valence-electron chi connectivity index (χ3n) is 3.58. The van der Waals surface area contributed by atoms with E-state index in [4.69, 9.17) is 0 Å². The first kappa shape index (κ1) is 19.0. The maximum absolute atomic E-state index is 12.6. The van der Waals surface area contributed by atoms with Crippen LogP contribution in [-0.2, 0) is 9.84 Å². The SMILES string of the molecule is Cc1ccc(S(=O)(=O)C/C=C(/Sc2ccccc2)[Si](C)(C)C)cc1. The molecule has 0 aliphatic rings. The van der Waals surface area contributed by atoms with Crippen LogP contribution in [0.4, 0.5) is 0 Å². The molecule has 2 aromatic carbocycles. The van der Waals surface area contributed by atoms with Crippen LogP contribution in [0.3, 0.4) is 0 Å². The molecule has 128 valence electrons. The Morgan fingerprint density at radius 1 is 1.00 bits per heavy atom. The molecule has 2 nitrogen and oxygen atoms in total. The molecule has 0 aromatic heterocycles. The number of benzene rings is 2.